The summed E-state index contributed by atoms with van der Waals surface area (Å²) in [5.41, 5.74) is 2.67. The van der Waals surface area contributed by atoms with E-state index in [2.05, 4.69) is 5.32 Å². The van der Waals surface area contributed by atoms with E-state index in [4.69, 9.17) is 21.1 Å². The lowest BCUT2D eigenvalue weighted by Crippen LogP contribution is -2.14. The predicted molar refractivity (Wildman–Crippen MR) is 86.1 cm³/mol. The highest BCUT2D eigenvalue weighted by Gasteiger charge is 2.31. The van der Waals surface area contributed by atoms with Gasteiger partial charge in [-0.05, 0) is 47.9 Å². The van der Waals surface area contributed by atoms with Crippen LogP contribution in [-0.4, -0.2) is 20.1 Å². The molecule has 0 radical (unpaired) electrons. The van der Waals surface area contributed by atoms with Crippen LogP contribution >= 0.6 is 11.6 Å². The van der Waals surface area contributed by atoms with Gasteiger partial charge in [0, 0.05) is 10.7 Å². The summed E-state index contributed by atoms with van der Waals surface area (Å²) in [4.78, 5) is 12.3. The zero-order valence-corrected chi connectivity index (χ0v) is 13.1. The lowest BCUT2D eigenvalue weighted by molar-refractivity contribution is -0.117. The summed E-state index contributed by atoms with van der Waals surface area (Å²) >= 11 is 5.98. The summed E-state index contributed by atoms with van der Waals surface area (Å²) in [6, 6.07) is 11.1. The lowest BCUT2D eigenvalue weighted by Gasteiger charge is -2.14. The third-order valence-electron chi connectivity index (χ3n) is 3.88. The molecule has 0 saturated heterocycles. The maximum Gasteiger partial charge on any atom is 0.232 e. The van der Waals surface area contributed by atoms with Crippen molar-refractivity contribution in [3.05, 3.63) is 52.5 Å². The quantitative estimate of drug-likeness (QED) is 0.936. The van der Waals surface area contributed by atoms with Crippen molar-refractivity contribution < 1.29 is 14.3 Å². The van der Waals surface area contributed by atoms with Crippen molar-refractivity contribution >= 4 is 23.2 Å². The van der Waals surface area contributed by atoms with Crippen LogP contribution in [0.2, 0.25) is 5.02 Å². The van der Waals surface area contributed by atoms with Gasteiger partial charge < -0.3 is 14.8 Å². The molecule has 0 aromatic heterocycles. The van der Waals surface area contributed by atoms with Crippen LogP contribution in [0.3, 0.4) is 0 Å². The van der Waals surface area contributed by atoms with E-state index in [-0.39, 0.29) is 11.8 Å². The van der Waals surface area contributed by atoms with E-state index in [1.807, 2.05) is 24.3 Å². The molecule has 1 aliphatic heterocycles. The smallest absolute Gasteiger partial charge is 0.232 e. The molecule has 1 N–H and O–H groups in total. The monoisotopic (exact) mass is 317 g/mol. The van der Waals surface area contributed by atoms with Gasteiger partial charge in [0.15, 0.2) is 0 Å². The molecule has 1 heterocycles. The number of methoxy groups -OCH3 is 2. The Balaban J connectivity index is 1.95. The van der Waals surface area contributed by atoms with Crippen molar-refractivity contribution in [3.8, 4) is 11.5 Å². The Hall–Kier alpha value is -2.20. The van der Waals surface area contributed by atoms with Crippen molar-refractivity contribution in [1.82, 2.24) is 0 Å². The maximum absolute atomic E-state index is 12.3. The van der Waals surface area contributed by atoms with Gasteiger partial charge in [-0.3, -0.25) is 4.79 Å². The van der Waals surface area contributed by atoms with Crippen LogP contribution in [0.5, 0.6) is 11.5 Å². The molecular formula is C17H16ClNO3. The molecule has 22 heavy (non-hydrogen) atoms. The summed E-state index contributed by atoms with van der Waals surface area (Å²) < 4.78 is 10.6. The summed E-state index contributed by atoms with van der Waals surface area (Å²) in [6.07, 6.45) is 0.542. The van der Waals surface area contributed by atoms with Crippen molar-refractivity contribution in [2.24, 2.45) is 0 Å². The molecule has 0 spiro atoms. The largest absolute Gasteiger partial charge is 0.497 e. The van der Waals surface area contributed by atoms with Crippen molar-refractivity contribution in [2.45, 2.75) is 12.3 Å². The fourth-order valence-corrected chi connectivity index (χ4v) is 2.94. The second-order valence-corrected chi connectivity index (χ2v) is 5.59. The molecule has 0 bridgehead atoms. The van der Waals surface area contributed by atoms with Gasteiger partial charge in [-0.15, -0.1) is 0 Å². The van der Waals surface area contributed by atoms with Gasteiger partial charge in [0.2, 0.25) is 5.91 Å². The third kappa shape index (κ3) is 2.62. The molecular weight excluding hydrogens is 302 g/mol. The van der Waals surface area contributed by atoms with Crippen LogP contribution in [0.15, 0.2) is 36.4 Å². The number of amides is 1. The van der Waals surface area contributed by atoms with E-state index in [9.17, 15) is 4.79 Å². The second kappa shape index (κ2) is 5.89. The van der Waals surface area contributed by atoms with Gasteiger partial charge in [-0.2, -0.15) is 0 Å². The molecule has 0 aliphatic carbocycles. The van der Waals surface area contributed by atoms with E-state index in [0.29, 0.717) is 11.4 Å². The van der Waals surface area contributed by atoms with E-state index in [1.165, 1.54) is 0 Å². The number of hydrogen-bond donors (Lipinski definition) is 1. The number of benzene rings is 2. The highest BCUT2D eigenvalue weighted by molar-refractivity contribution is 6.31. The van der Waals surface area contributed by atoms with Gasteiger partial charge in [0.1, 0.15) is 11.5 Å². The first-order chi connectivity index (χ1) is 10.6. The van der Waals surface area contributed by atoms with Gasteiger partial charge in [0.05, 0.1) is 20.1 Å². The highest BCUT2D eigenvalue weighted by atomic mass is 35.5. The molecule has 2 aromatic carbocycles. The Bertz CT molecular complexity index is 730. The molecule has 1 aliphatic rings. The number of ether oxygens (including phenoxy) is 2. The zero-order valence-electron chi connectivity index (χ0n) is 12.4. The van der Waals surface area contributed by atoms with Crippen molar-refractivity contribution in [2.75, 3.05) is 19.5 Å². The number of nitrogens with one attached hydrogen (secondary N) is 1. The maximum atomic E-state index is 12.3. The second-order valence-electron chi connectivity index (χ2n) is 5.16. The SMILES string of the molecule is COc1ccc(OC)c(C[C@@H]2C(=O)Nc3cc(Cl)ccc32)c1. The highest BCUT2D eigenvalue weighted by Crippen LogP contribution is 2.38. The minimum absolute atomic E-state index is 0.0258. The van der Waals surface area contributed by atoms with Gasteiger partial charge in [0.25, 0.3) is 0 Å². The zero-order chi connectivity index (χ0) is 15.7. The molecule has 4 nitrogen and oxygen atoms in total. The van der Waals surface area contributed by atoms with E-state index in [1.54, 1.807) is 26.4 Å². The summed E-state index contributed by atoms with van der Waals surface area (Å²) in [5, 5.41) is 3.49. The molecule has 2 aromatic rings. The molecule has 3 rings (SSSR count). The normalized spacial score (nSPS) is 16.1. The number of anilines is 1. The van der Waals surface area contributed by atoms with Crippen LogP contribution in [0, 0.1) is 0 Å². The molecule has 1 atom stereocenters. The summed E-state index contributed by atoms with van der Waals surface area (Å²) in [5.74, 6) is 1.21. The van der Waals surface area contributed by atoms with Crippen LogP contribution in [0.4, 0.5) is 5.69 Å². The minimum Gasteiger partial charge on any atom is -0.497 e. The minimum atomic E-state index is -0.256. The fraction of sp³-hybridized carbons (Fsp3) is 0.235. The first kappa shape index (κ1) is 14.7. The number of rotatable bonds is 4. The summed E-state index contributed by atoms with van der Waals surface area (Å²) in [6.45, 7) is 0. The molecule has 0 unspecified atom stereocenters. The Morgan fingerprint density at radius 1 is 1.14 bits per heavy atom. The van der Waals surface area contributed by atoms with Gasteiger partial charge >= 0.3 is 0 Å². The molecule has 1 amide bonds. The summed E-state index contributed by atoms with van der Waals surface area (Å²) in [7, 11) is 3.24. The van der Waals surface area contributed by atoms with Crippen LogP contribution in [0.25, 0.3) is 0 Å². The first-order valence-corrected chi connectivity index (χ1v) is 7.31. The Kier molecular flexibility index (Phi) is 3.94. The predicted octanol–water partition coefficient (Wildman–Crippen LogP) is 3.64. The van der Waals surface area contributed by atoms with Gasteiger partial charge in [-0.1, -0.05) is 17.7 Å². The Morgan fingerprint density at radius 2 is 1.95 bits per heavy atom. The van der Waals surface area contributed by atoms with Crippen molar-refractivity contribution in [1.29, 1.82) is 0 Å². The average Bonchev–Trinajstić information content (AvgIpc) is 2.82. The van der Waals surface area contributed by atoms with E-state index in [0.717, 1.165) is 28.3 Å². The molecule has 5 heteroatoms. The number of hydrogen-bond acceptors (Lipinski definition) is 3. The van der Waals surface area contributed by atoms with Gasteiger partial charge in [-0.25, -0.2) is 0 Å². The number of fused-ring (bicyclic) bond motifs is 1. The van der Waals surface area contributed by atoms with E-state index < -0.39 is 0 Å². The lowest BCUT2D eigenvalue weighted by atomic mass is 9.92. The molecule has 0 saturated carbocycles. The van der Waals surface area contributed by atoms with Crippen molar-refractivity contribution in [3.63, 3.8) is 0 Å². The Morgan fingerprint density at radius 3 is 2.68 bits per heavy atom. The van der Waals surface area contributed by atoms with Crippen LogP contribution < -0.4 is 14.8 Å². The topological polar surface area (TPSA) is 47.6 Å². The number of carbonyl (C=O) groups excluding carboxylic acids is 1. The van der Waals surface area contributed by atoms with Crippen LogP contribution in [-0.2, 0) is 11.2 Å². The average molecular weight is 318 g/mol. The molecule has 114 valence electrons. The number of carbonyl (C=O) groups is 1. The fourth-order valence-electron chi connectivity index (χ4n) is 2.77. The Labute approximate surface area is 134 Å². The molecule has 0 fully saturated rings. The van der Waals surface area contributed by atoms with E-state index >= 15 is 0 Å². The first-order valence-electron chi connectivity index (χ1n) is 6.93. The standard InChI is InChI=1S/C17H16ClNO3/c1-21-12-4-6-16(22-2)10(7-12)8-14-13-5-3-11(18)9-15(13)19-17(14)20/h3-7,9,14H,8H2,1-2H3,(H,19,20)/t14-/m0/s1. The third-order valence-corrected chi connectivity index (χ3v) is 4.11. The van der Waals surface area contributed by atoms with Crippen LogP contribution in [0.1, 0.15) is 17.0 Å². The number of halogens is 1.